The Hall–Kier alpha value is -3.41. The zero-order chi connectivity index (χ0) is 18.6. The highest BCUT2D eigenvalue weighted by Crippen LogP contribution is 2.30. The van der Waals surface area contributed by atoms with Crippen molar-refractivity contribution in [1.29, 1.82) is 0 Å². The van der Waals surface area contributed by atoms with Gasteiger partial charge in [0.15, 0.2) is 5.82 Å². The second kappa shape index (κ2) is 7.45. The largest absolute Gasteiger partial charge is 0.494 e. The zero-order valence-electron chi connectivity index (χ0n) is 15.3. The van der Waals surface area contributed by atoms with Gasteiger partial charge >= 0.3 is 0 Å². The van der Waals surface area contributed by atoms with Crippen LogP contribution in [0.5, 0.6) is 5.75 Å². The van der Waals surface area contributed by atoms with E-state index >= 15 is 0 Å². The average molecular weight is 360 g/mol. The molecule has 6 nitrogen and oxygen atoms in total. The highest BCUT2D eigenvalue weighted by molar-refractivity contribution is 5.93. The van der Waals surface area contributed by atoms with Crippen molar-refractivity contribution in [2.75, 3.05) is 11.9 Å². The monoisotopic (exact) mass is 360 g/mol. The van der Waals surface area contributed by atoms with E-state index in [9.17, 15) is 0 Å². The first-order valence-electron chi connectivity index (χ1n) is 8.88. The molecule has 0 aliphatic heterocycles. The Balaban J connectivity index is 1.63. The number of anilines is 1. The molecule has 4 rings (SSSR count). The molecule has 136 valence electrons. The summed E-state index contributed by atoms with van der Waals surface area (Å²) in [5.41, 5.74) is 5.15. The van der Waals surface area contributed by atoms with E-state index in [0.717, 1.165) is 16.9 Å². The maximum atomic E-state index is 5.68. The molecule has 2 aromatic heterocycles. The summed E-state index contributed by atoms with van der Waals surface area (Å²) in [7, 11) is 0. The van der Waals surface area contributed by atoms with Gasteiger partial charge in [0.2, 0.25) is 5.58 Å². The summed E-state index contributed by atoms with van der Waals surface area (Å²) in [4.78, 5) is 8.69. The molecule has 0 radical (unpaired) electrons. The highest BCUT2D eigenvalue weighted by atomic mass is 16.5. The van der Waals surface area contributed by atoms with Gasteiger partial charge in [0.05, 0.1) is 6.61 Å². The summed E-state index contributed by atoms with van der Waals surface area (Å²) >= 11 is 0. The Labute approximate surface area is 157 Å². The van der Waals surface area contributed by atoms with Crippen LogP contribution in [0.3, 0.4) is 0 Å². The number of rotatable bonds is 6. The zero-order valence-corrected chi connectivity index (χ0v) is 15.3. The summed E-state index contributed by atoms with van der Waals surface area (Å²) < 4.78 is 11.2. The van der Waals surface area contributed by atoms with Crippen molar-refractivity contribution in [2.45, 2.75) is 20.4 Å². The van der Waals surface area contributed by atoms with Crippen molar-refractivity contribution in [3.05, 3.63) is 66.0 Å². The van der Waals surface area contributed by atoms with Crippen LogP contribution in [0.25, 0.3) is 22.4 Å². The first-order valence-corrected chi connectivity index (χ1v) is 8.88. The van der Waals surface area contributed by atoms with E-state index in [0.29, 0.717) is 35.8 Å². The smallest absolute Gasteiger partial charge is 0.228 e. The van der Waals surface area contributed by atoms with E-state index < -0.39 is 0 Å². The molecule has 0 fully saturated rings. The molecule has 0 atom stereocenters. The number of nitrogens with one attached hydrogen (secondary N) is 1. The summed E-state index contributed by atoms with van der Waals surface area (Å²) in [6.07, 6.45) is 1.52. The minimum atomic E-state index is 0.543. The number of fused-ring (bicyclic) bond motifs is 1. The van der Waals surface area contributed by atoms with Crippen molar-refractivity contribution in [3.8, 4) is 17.0 Å². The molecule has 0 bridgehead atoms. The Bertz CT molecular complexity index is 1060. The van der Waals surface area contributed by atoms with E-state index in [2.05, 4.69) is 27.4 Å². The molecule has 6 heteroatoms. The van der Waals surface area contributed by atoms with E-state index in [4.69, 9.17) is 9.26 Å². The fourth-order valence-electron chi connectivity index (χ4n) is 2.92. The fraction of sp³-hybridized carbons (Fsp3) is 0.190. The highest BCUT2D eigenvalue weighted by Gasteiger charge is 2.16. The molecule has 2 aromatic carbocycles. The Kier molecular flexibility index (Phi) is 4.70. The van der Waals surface area contributed by atoms with E-state index in [-0.39, 0.29) is 0 Å². The lowest BCUT2D eigenvalue weighted by Crippen LogP contribution is -2.04. The quantitative estimate of drug-likeness (QED) is 0.541. The predicted molar refractivity (Wildman–Crippen MR) is 105 cm³/mol. The average Bonchev–Trinajstić information content (AvgIpc) is 3.13. The lowest BCUT2D eigenvalue weighted by molar-refractivity contribution is 0.337. The van der Waals surface area contributed by atoms with Gasteiger partial charge in [-0.2, -0.15) is 0 Å². The molecule has 1 N–H and O–H groups in total. The summed E-state index contributed by atoms with van der Waals surface area (Å²) in [6, 6.07) is 16.0. The van der Waals surface area contributed by atoms with Crippen molar-refractivity contribution < 1.29 is 9.26 Å². The predicted octanol–water partition coefficient (Wildman–Crippen LogP) is 4.60. The number of hydrogen-bond acceptors (Lipinski definition) is 6. The van der Waals surface area contributed by atoms with Crippen molar-refractivity contribution >= 4 is 16.9 Å². The number of nitrogens with zero attached hydrogens (tertiary/aromatic N) is 3. The molecule has 0 spiro atoms. The van der Waals surface area contributed by atoms with Crippen molar-refractivity contribution in [2.24, 2.45) is 0 Å². The molecule has 2 heterocycles. The minimum Gasteiger partial charge on any atom is -0.494 e. The molecule has 0 amide bonds. The third-order valence-corrected chi connectivity index (χ3v) is 4.30. The lowest BCUT2D eigenvalue weighted by Gasteiger charge is -2.11. The van der Waals surface area contributed by atoms with Gasteiger partial charge in [0.1, 0.15) is 23.3 Å². The van der Waals surface area contributed by atoms with Gasteiger partial charge in [-0.15, -0.1) is 0 Å². The second-order valence-electron chi connectivity index (χ2n) is 6.19. The first-order chi connectivity index (χ1) is 13.3. The summed E-state index contributed by atoms with van der Waals surface area (Å²) in [6.45, 7) is 5.20. The van der Waals surface area contributed by atoms with Gasteiger partial charge in [-0.05, 0) is 19.9 Å². The number of hydrogen-bond donors (Lipinski definition) is 1. The van der Waals surface area contributed by atoms with Gasteiger partial charge < -0.3 is 14.6 Å². The maximum Gasteiger partial charge on any atom is 0.228 e. The van der Waals surface area contributed by atoms with Crippen LogP contribution in [0.1, 0.15) is 18.1 Å². The molecule has 0 aliphatic rings. The number of para-hydroxylation sites is 1. The normalized spacial score (nSPS) is 10.9. The van der Waals surface area contributed by atoms with Gasteiger partial charge in [0.25, 0.3) is 0 Å². The summed E-state index contributed by atoms with van der Waals surface area (Å²) in [5, 5.41) is 7.53. The van der Waals surface area contributed by atoms with Crippen LogP contribution in [0.15, 0.2) is 59.4 Å². The van der Waals surface area contributed by atoms with Crippen LogP contribution < -0.4 is 10.1 Å². The fourth-order valence-corrected chi connectivity index (χ4v) is 2.92. The molecule has 0 aliphatic carbocycles. The van der Waals surface area contributed by atoms with Crippen LogP contribution >= 0.6 is 0 Å². The van der Waals surface area contributed by atoms with Gasteiger partial charge in [-0.1, -0.05) is 53.2 Å². The van der Waals surface area contributed by atoms with Gasteiger partial charge in [0, 0.05) is 17.7 Å². The Morgan fingerprint density at radius 3 is 2.67 bits per heavy atom. The van der Waals surface area contributed by atoms with Crippen molar-refractivity contribution in [3.63, 3.8) is 0 Å². The minimum absolute atomic E-state index is 0.543. The number of benzene rings is 2. The third kappa shape index (κ3) is 3.46. The molecule has 4 aromatic rings. The maximum absolute atomic E-state index is 5.68. The van der Waals surface area contributed by atoms with Crippen LogP contribution in [0, 0.1) is 6.92 Å². The molecule has 27 heavy (non-hydrogen) atoms. The summed E-state index contributed by atoms with van der Waals surface area (Å²) in [5.74, 6) is 1.47. The van der Waals surface area contributed by atoms with Crippen LogP contribution in [0.4, 0.5) is 5.82 Å². The SMILES string of the molecule is CCOc1ccccc1CNc1ncnc2c(-c3ccc(C)cc3)noc12. The van der Waals surface area contributed by atoms with Gasteiger partial charge in [-0.3, -0.25) is 0 Å². The molecule has 0 saturated carbocycles. The standard InChI is InChI=1S/C21H20N4O2/c1-3-26-17-7-5-4-6-16(17)12-22-21-20-19(23-13-24-21)18(25-27-20)15-10-8-14(2)9-11-15/h4-11,13H,3,12H2,1-2H3,(H,22,23,24). The Morgan fingerprint density at radius 1 is 1.04 bits per heavy atom. The first kappa shape index (κ1) is 17.0. The number of aryl methyl sites for hydroxylation is 1. The third-order valence-electron chi connectivity index (χ3n) is 4.30. The van der Waals surface area contributed by atoms with Crippen LogP contribution in [0.2, 0.25) is 0 Å². The molecular weight excluding hydrogens is 340 g/mol. The Morgan fingerprint density at radius 2 is 1.85 bits per heavy atom. The topological polar surface area (TPSA) is 73.1 Å². The lowest BCUT2D eigenvalue weighted by atomic mass is 10.1. The van der Waals surface area contributed by atoms with E-state index in [1.165, 1.54) is 11.9 Å². The van der Waals surface area contributed by atoms with E-state index in [1.54, 1.807) is 0 Å². The molecule has 0 saturated heterocycles. The van der Waals surface area contributed by atoms with E-state index in [1.807, 2.05) is 55.5 Å². The molecular formula is C21H20N4O2. The molecule has 0 unspecified atom stereocenters. The van der Waals surface area contributed by atoms with Crippen LogP contribution in [-0.4, -0.2) is 21.7 Å². The van der Waals surface area contributed by atoms with Crippen molar-refractivity contribution in [1.82, 2.24) is 15.1 Å². The van der Waals surface area contributed by atoms with Gasteiger partial charge in [-0.25, -0.2) is 9.97 Å². The number of aromatic nitrogens is 3. The second-order valence-corrected chi connectivity index (χ2v) is 6.19. The number of ether oxygens (including phenoxy) is 1. The van der Waals surface area contributed by atoms with Crippen LogP contribution in [-0.2, 0) is 6.54 Å².